The average Bonchev–Trinajstić information content (AvgIpc) is 2.88. The van der Waals surface area contributed by atoms with Crippen molar-refractivity contribution in [3.63, 3.8) is 0 Å². The molecular weight excluding hydrogens is 432 g/mol. The summed E-state index contributed by atoms with van der Waals surface area (Å²) in [5.41, 5.74) is 10.7. The summed E-state index contributed by atoms with van der Waals surface area (Å²) in [5.74, 6) is 1.06. The van der Waals surface area contributed by atoms with E-state index in [1.165, 1.54) is 11.3 Å². The summed E-state index contributed by atoms with van der Waals surface area (Å²) in [6.07, 6.45) is 0.813. The summed E-state index contributed by atoms with van der Waals surface area (Å²) in [7, 11) is 3.78. The maximum absolute atomic E-state index is 12.3. The first-order valence-electron chi connectivity index (χ1n) is 12.1. The lowest BCUT2D eigenvalue weighted by Gasteiger charge is -2.38. The molecule has 2 aromatic carbocycles. The van der Waals surface area contributed by atoms with Crippen LogP contribution in [0.1, 0.15) is 27.4 Å². The van der Waals surface area contributed by atoms with Crippen LogP contribution < -0.4 is 25.0 Å². The molecule has 0 aliphatic carbocycles. The van der Waals surface area contributed by atoms with Crippen molar-refractivity contribution in [2.45, 2.75) is 12.3 Å². The number of benzene rings is 2. The van der Waals surface area contributed by atoms with Crippen LogP contribution in [0, 0.1) is 0 Å². The minimum absolute atomic E-state index is 0.0354. The van der Waals surface area contributed by atoms with Crippen LogP contribution in [0.5, 0.6) is 11.5 Å². The largest absolute Gasteiger partial charge is 0.496 e. The molecule has 8 nitrogen and oxygen atoms in total. The van der Waals surface area contributed by atoms with Crippen molar-refractivity contribution in [2.24, 2.45) is 5.73 Å². The Labute approximate surface area is 201 Å². The summed E-state index contributed by atoms with van der Waals surface area (Å²) >= 11 is 0. The Morgan fingerprint density at radius 2 is 1.74 bits per heavy atom. The minimum Gasteiger partial charge on any atom is -0.496 e. The van der Waals surface area contributed by atoms with E-state index in [-0.39, 0.29) is 5.92 Å². The first-order chi connectivity index (χ1) is 16.6. The van der Waals surface area contributed by atoms with E-state index >= 15 is 0 Å². The third-order valence-corrected chi connectivity index (χ3v) is 7.25. The van der Waals surface area contributed by atoms with Crippen LogP contribution in [-0.2, 0) is 11.2 Å². The van der Waals surface area contributed by atoms with E-state index in [1.54, 1.807) is 13.2 Å². The van der Waals surface area contributed by atoms with Gasteiger partial charge in [-0.3, -0.25) is 4.79 Å². The first-order valence-corrected chi connectivity index (χ1v) is 12.1. The minimum atomic E-state index is -0.484. The van der Waals surface area contributed by atoms with Gasteiger partial charge in [0.15, 0.2) is 0 Å². The van der Waals surface area contributed by atoms with Crippen LogP contribution in [0.25, 0.3) is 0 Å². The molecule has 0 spiro atoms. The van der Waals surface area contributed by atoms with Gasteiger partial charge < -0.3 is 34.6 Å². The number of hydrogen-bond acceptors (Lipinski definition) is 7. The van der Waals surface area contributed by atoms with Crippen molar-refractivity contribution >= 4 is 17.3 Å². The summed E-state index contributed by atoms with van der Waals surface area (Å²) in [6.45, 7) is 7.55. The van der Waals surface area contributed by atoms with Crippen LogP contribution in [-0.4, -0.2) is 84.1 Å². The van der Waals surface area contributed by atoms with Gasteiger partial charge in [-0.1, -0.05) is 6.07 Å². The SMILES string of the molecule is COc1c(C(N)=O)ccc(N2CCOCC2)c1C1COc2cccc(N3CCN(C)CC3)c2C1. The van der Waals surface area contributed by atoms with Gasteiger partial charge in [-0.25, -0.2) is 0 Å². The Morgan fingerprint density at radius 3 is 2.44 bits per heavy atom. The molecular formula is C26H34N4O4. The van der Waals surface area contributed by atoms with E-state index < -0.39 is 5.91 Å². The van der Waals surface area contributed by atoms with Crippen molar-refractivity contribution in [3.8, 4) is 11.5 Å². The predicted molar refractivity (Wildman–Crippen MR) is 133 cm³/mol. The topological polar surface area (TPSA) is 80.5 Å². The van der Waals surface area contributed by atoms with Gasteiger partial charge in [-0.2, -0.15) is 0 Å². The predicted octanol–water partition coefficient (Wildman–Crippen LogP) is 2.10. The number of hydrogen-bond donors (Lipinski definition) is 1. The zero-order valence-corrected chi connectivity index (χ0v) is 20.1. The molecule has 2 N–H and O–H groups in total. The molecule has 1 atom stereocenters. The fourth-order valence-electron chi connectivity index (χ4n) is 5.40. The molecule has 0 radical (unpaired) electrons. The number of morpholine rings is 1. The van der Waals surface area contributed by atoms with Gasteiger partial charge in [-0.05, 0) is 37.7 Å². The second kappa shape index (κ2) is 9.72. The van der Waals surface area contributed by atoms with Crippen molar-refractivity contribution in [3.05, 3.63) is 47.0 Å². The second-order valence-corrected chi connectivity index (χ2v) is 9.30. The Morgan fingerprint density at radius 1 is 1.00 bits per heavy atom. The maximum atomic E-state index is 12.3. The van der Waals surface area contributed by atoms with E-state index in [4.69, 9.17) is 19.9 Å². The molecule has 8 heteroatoms. The van der Waals surface area contributed by atoms with Crippen molar-refractivity contribution in [1.82, 2.24) is 4.90 Å². The molecule has 0 aromatic heterocycles. The van der Waals surface area contributed by atoms with Gasteiger partial charge in [0, 0.05) is 67.7 Å². The van der Waals surface area contributed by atoms with Gasteiger partial charge in [0.2, 0.25) is 0 Å². The number of likely N-dealkylation sites (N-methyl/N-ethyl adjacent to an activating group) is 1. The molecule has 3 heterocycles. The lowest BCUT2D eigenvalue weighted by Crippen LogP contribution is -2.45. The van der Waals surface area contributed by atoms with Crippen LogP contribution >= 0.6 is 0 Å². The maximum Gasteiger partial charge on any atom is 0.252 e. The highest BCUT2D eigenvalue weighted by Gasteiger charge is 2.33. The molecule has 0 bridgehead atoms. The zero-order chi connectivity index (χ0) is 23.7. The van der Waals surface area contributed by atoms with Crippen LogP contribution in [0.3, 0.4) is 0 Å². The van der Waals surface area contributed by atoms with Gasteiger partial charge >= 0.3 is 0 Å². The van der Waals surface area contributed by atoms with Crippen LogP contribution in [0.15, 0.2) is 30.3 Å². The number of primary amides is 1. The number of nitrogens with two attached hydrogens (primary N) is 1. The molecule has 2 saturated heterocycles. The lowest BCUT2D eigenvalue weighted by atomic mass is 9.86. The van der Waals surface area contributed by atoms with Crippen LogP contribution in [0.4, 0.5) is 11.4 Å². The Kier molecular flexibility index (Phi) is 6.52. The number of ether oxygens (including phenoxy) is 3. The highest BCUT2D eigenvalue weighted by molar-refractivity contribution is 5.97. The van der Waals surface area contributed by atoms with Gasteiger partial charge in [0.25, 0.3) is 5.91 Å². The number of fused-ring (bicyclic) bond motifs is 1. The van der Waals surface area contributed by atoms with Gasteiger partial charge in [0.05, 0.1) is 32.5 Å². The third-order valence-electron chi connectivity index (χ3n) is 7.25. The highest BCUT2D eigenvalue weighted by atomic mass is 16.5. The molecule has 1 amide bonds. The molecule has 2 fully saturated rings. The average molecular weight is 467 g/mol. The van der Waals surface area contributed by atoms with E-state index in [1.807, 2.05) is 6.07 Å². The van der Waals surface area contributed by atoms with E-state index in [9.17, 15) is 4.79 Å². The molecule has 182 valence electrons. The van der Waals surface area contributed by atoms with Crippen LogP contribution in [0.2, 0.25) is 0 Å². The summed E-state index contributed by atoms with van der Waals surface area (Å²) < 4.78 is 17.8. The molecule has 1 unspecified atom stereocenters. The molecule has 0 saturated carbocycles. The van der Waals surface area contributed by atoms with Crippen molar-refractivity contribution in [2.75, 3.05) is 83.0 Å². The lowest BCUT2D eigenvalue weighted by molar-refractivity contribution is 0.0996. The fraction of sp³-hybridized carbons (Fsp3) is 0.500. The Bertz CT molecular complexity index is 1050. The number of carbonyl (C=O) groups is 1. The normalized spacial score (nSPS) is 21.1. The summed E-state index contributed by atoms with van der Waals surface area (Å²) in [5, 5.41) is 0. The summed E-state index contributed by atoms with van der Waals surface area (Å²) in [4.78, 5) is 19.4. The Hall–Kier alpha value is -2.97. The standard InChI is InChI=1S/C26H34N4O4/c1-28-8-10-29(11-9-28)21-4-3-5-23-20(21)16-18(17-34-23)24-22(30-12-14-33-15-13-30)7-6-19(26(27)31)25(24)32-2/h3-7,18H,8-17H2,1-2H3,(H2,27,31). The third kappa shape index (κ3) is 4.28. The quantitative estimate of drug-likeness (QED) is 0.723. The number of carbonyl (C=O) groups excluding carboxylic acids is 1. The smallest absolute Gasteiger partial charge is 0.252 e. The number of piperazine rings is 1. The number of methoxy groups -OCH3 is 1. The van der Waals surface area contributed by atoms with E-state index in [0.29, 0.717) is 31.1 Å². The first kappa shape index (κ1) is 22.8. The van der Waals surface area contributed by atoms with Crippen molar-refractivity contribution < 1.29 is 19.0 Å². The summed E-state index contributed by atoms with van der Waals surface area (Å²) in [6, 6.07) is 10.1. The molecule has 3 aliphatic heterocycles. The molecule has 5 rings (SSSR count). The molecule has 3 aliphatic rings. The van der Waals surface area contributed by atoms with Crippen molar-refractivity contribution in [1.29, 1.82) is 0 Å². The number of anilines is 2. The fourth-order valence-corrected chi connectivity index (χ4v) is 5.40. The van der Waals surface area contributed by atoms with Gasteiger partial charge in [-0.15, -0.1) is 0 Å². The number of amides is 1. The molecule has 34 heavy (non-hydrogen) atoms. The second-order valence-electron chi connectivity index (χ2n) is 9.30. The highest BCUT2D eigenvalue weighted by Crippen LogP contribution is 2.45. The molecule has 2 aromatic rings. The number of rotatable bonds is 5. The monoisotopic (exact) mass is 466 g/mol. The Balaban J connectivity index is 1.55. The zero-order valence-electron chi connectivity index (χ0n) is 20.1. The number of nitrogens with zero attached hydrogens (tertiary/aromatic N) is 3. The van der Waals surface area contributed by atoms with E-state index in [0.717, 1.165) is 62.7 Å². The van der Waals surface area contributed by atoms with Gasteiger partial charge in [0.1, 0.15) is 11.5 Å². The van der Waals surface area contributed by atoms with E-state index in [2.05, 4.69) is 39.9 Å².